The van der Waals surface area contributed by atoms with Crippen LogP contribution in [0.2, 0.25) is 0 Å². The Morgan fingerprint density at radius 2 is 1.43 bits per heavy atom. The number of nitrogens with two attached hydrogens (primary N) is 1. The second-order valence-electron chi connectivity index (χ2n) is 3.52. The summed E-state index contributed by atoms with van der Waals surface area (Å²) < 4.78 is 0. The van der Waals surface area contributed by atoms with Gasteiger partial charge in [0.2, 0.25) is 0 Å². The van der Waals surface area contributed by atoms with Crippen molar-refractivity contribution in [2.24, 2.45) is 0 Å². The molecule has 4 nitrogen and oxygen atoms in total. The zero-order chi connectivity index (χ0) is 11.0. The summed E-state index contributed by atoms with van der Waals surface area (Å²) in [6.07, 6.45) is 0. The smallest absolute Gasteiger partial charge is 0.295 e. The molecule has 0 fully saturated rings. The number of hydrogen-bond acceptors (Lipinski definition) is 3. The van der Waals surface area contributed by atoms with Crippen LogP contribution in [0, 0.1) is 37.8 Å². The average Bonchev–Trinajstić information content (AvgIpc) is 2.11. The number of nitro benzene ring substituents is 1. The van der Waals surface area contributed by atoms with E-state index in [9.17, 15) is 10.1 Å². The maximum absolute atomic E-state index is 10.8. The Bertz CT molecular complexity index is 382. The van der Waals surface area contributed by atoms with Crippen molar-refractivity contribution in [1.29, 1.82) is 0 Å². The third-order valence-electron chi connectivity index (χ3n) is 2.88. The highest BCUT2D eigenvalue weighted by molar-refractivity contribution is 5.70. The summed E-state index contributed by atoms with van der Waals surface area (Å²) in [6.45, 7) is 7.35. The standard InChI is InChI=1S/C10H14N2O2/c1-5-6(2)8(4)10(12(13)14)9(11)7(5)3/h11H2,1-4H3. The van der Waals surface area contributed by atoms with Gasteiger partial charge in [0.15, 0.2) is 0 Å². The van der Waals surface area contributed by atoms with Gasteiger partial charge in [0, 0.05) is 5.56 Å². The maximum atomic E-state index is 10.8. The molecule has 0 spiro atoms. The van der Waals surface area contributed by atoms with Crippen LogP contribution in [0.3, 0.4) is 0 Å². The summed E-state index contributed by atoms with van der Waals surface area (Å²) in [6, 6.07) is 0. The normalized spacial score (nSPS) is 10.3. The van der Waals surface area contributed by atoms with E-state index in [1.165, 1.54) is 0 Å². The second-order valence-corrected chi connectivity index (χ2v) is 3.52. The van der Waals surface area contributed by atoms with Gasteiger partial charge in [-0.15, -0.1) is 0 Å². The molecule has 2 N–H and O–H groups in total. The molecule has 0 atom stereocenters. The molecule has 1 rings (SSSR count). The van der Waals surface area contributed by atoms with Gasteiger partial charge in [-0.1, -0.05) is 0 Å². The van der Waals surface area contributed by atoms with Crippen molar-refractivity contribution in [3.05, 3.63) is 32.4 Å². The van der Waals surface area contributed by atoms with Crippen molar-refractivity contribution in [2.75, 3.05) is 5.73 Å². The van der Waals surface area contributed by atoms with Crippen LogP contribution >= 0.6 is 0 Å². The van der Waals surface area contributed by atoms with Crippen LogP contribution in [0.5, 0.6) is 0 Å². The first-order valence-corrected chi connectivity index (χ1v) is 4.38. The third-order valence-corrected chi connectivity index (χ3v) is 2.88. The quantitative estimate of drug-likeness (QED) is 0.424. The zero-order valence-electron chi connectivity index (χ0n) is 8.84. The molecular formula is C10H14N2O2. The second kappa shape index (κ2) is 3.29. The molecule has 0 bridgehead atoms. The van der Waals surface area contributed by atoms with Crippen LogP contribution in [0.4, 0.5) is 11.4 Å². The van der Waals surface area contributed by atoms with Gasteiger partial charge in [-0.25, -0.2) is 0 Å². The molecule has 0 aliphatic carbocycles. The third kappa shape index (κ3) is 1.32. The largest absolute Gasteiger partial charge is 0.393 e. The summed E-state index contributed by atoms with van der Waals surface area (Å²) in [5.41, 5.74) is 9.50. The molecule has 0 saturated carbocycles. The summed E-state index contributed by atoms with van der Waals surface area (Å²) in [7, 11) is 0. The minimum Gasteiger partial charge on any atom is -0.393 e. The average molecular weight is 194 g/mol. The highest BCUT2D eigenvalue weighted by Gasteiger charge is 2.21. The van der Waals surface area contributed by atoms with Crippen LogP contribution in [0.25, 0.3) is 0 Å². The fraction of sp³-hybridized carbons (Fsp3) is 0.400. The van der Waals surface area contributed by atoms with E-state index in [1.807, 2.05) is 20.8 Å². The lowest BCUT2D eigenvalue weighted by atomic mass is 9.96. The minimum absolute atomic E-state index is 0.0469. The van der Waals surface area contributed by atoms with Gasteiger partial charge < -0.3 is 5.73 Å². The number of anilines is 1. The van der Waals surface area contributed by atoms with E-state index in [4.69, 9.17) is 5.73 Å². The van der Waals surface area contributed by atoms with E-state index in [1.54, 1.807) is 6.92 Å². The Morgan fingerprint density at radius 3 is 1.86 bits per heavy atom. The van der Waals surface area contributed by atoms with E-state index in [-0.39, 0.29) is 11.4 Å². The molecule has 0 aliphatic heterocycles. The maximum Gasteiger partial charge on any atom is 0.295 e. The van der Waals surface area contributed by atoms with E-state index < -0.39 is 4.92 Å². The number of nitro groups is 1. The predicted molar refractivity (Wildman–Crippen MR) is 56.5 cm³/mol. The van der Waals surface area contributed by atoms with Crippen LogP contribution < -0.4 is 5.73 Å². The fourth-order valence-electron chi connectivity index (χ4n) is 1.56. The Labute approximate surface area is 82.9 Å². The minimum atomic E-state index is -0.413. The Hall–Kier alpha value is -1.58. The molecule has 1 aromatic carbocycles. The van der Waals surface area contributed by atoms with Crippen molar-refractivity contribution in [3.63, 3.8) is 0 Å². The molecule has 0 heterocycles. The highest BCUT2D eigenvalue weighted by atomic mass is 16.6. The SMILES string of the molecule is Cc1c(C)c(C)c([N+](=O)[O-])c(N)c1C. The summed E-state index contributed by atoms with van der Waals surface area (Å²) in [5, 5.41) is 10.8. The number of nitrogens with zero attached hydrogens (tertiary/aromatic N) is 1. The van der Waals surface area contributed by atoms with Gasteiger partial charge in [0.25, 0.3) is 5.69 Å². The molecule has 76 valence electrons. The molecule has 0 aromatic heterocycles. The lowest BCUT2D eigenvalue weighted by molar-refractivity contribution is -0.384. The van der Waals surface area contributed by atoms with Crippen LogP contribution in [0.1, 0.15) is 22.3 Å². The molecule has 0 unspecified atom stereocenters. The van der Waals surface area contributed by atoms with E-state index in [0.29, 0.717) is 5.56 Å². The Kier molecular flexibility index (Phi) is 2.47. The van der Waals surface area contributed by atoms with Crippen molar-refractivity contribution in [1.82, 2.24) is 0 Å². The molecule has 14 heavy (non-hydrogen) atoms. The van der Waals surface area contributed by atoms with Gasteiger partial charge >= 0.3 is 0 Å². The van der Waals surface area contributed by atoms with Crippen molar-refractivity contribution in [3.8, 4) is 0 Å². The highest BCUT2D eigenvalue weighted by Crippen LogP contribution is 2.34. The Morgan fingerprint density at radius 1 is 1.00 bits per heavy atom. The van der Waals surface area contributed by atoms with Crippen LogP contribution in [-0.2, 0) is 0 Å². The van der Waals surface area contributed by atoms with Crippen molar-refractivity contribution < 1.29 is 4.92 Å². The molecule has 0 radical (unpaired) electrons. The first kappa shape index (κ1) is 10.5. The van der Waals surface area contributed by atoms with Crippen LogP contribution in [0.15, 0.2) is 0 Å². The van der Waals surface area contributed by atoms with Gasteiger partial charge in [0.05, 0.1) is 4.92 Å². The number of nitrogen functional groups attached to an aromatic ring is 1. The molecule has 0 amide bonds. The van der Waals surface area contributed by atoms with Crippen molar-refractivity contribution >= 4 is 11.4 Å². The van der Waals surface area contributed by atoms with Gasteiger partial charge in [-0.3, -0.25) is 10.1 Å². The lowest BCUT2D eigenvalue weighted by Gasteiger charge is -2.11. The molecule has 1 aromatic rings. The topological polar surface area (TPSA) is 69.2 Å². The zero-order valence-corrected chi connectivity index (χ0v) is 8.84. The summed E-state index contributed by atoms with van der Waals surface area (Å²) in [4.78, 5) is 10.4. The van der Waals surface area contributed by atoms with E-state index >= 15 is 0 Å². The first-order valence-electron chi connectivity index (χ1n) is 4.38. The monoisotopic (exact) mass is 194 g/mol. The summed E-state index contributed by atoms with van der Waals surface area (Å²) in [5.74, 6) is 0. The van der Waals surface area contributed by atoms with Gasteiger partial charge in [-0.2, -0.15) is 0 Å². The van der Waals surface area contributed by atoms with Crippen molar-refractivity contribution in [2.45, 2.75) is 27.7 Å². The number of benzene rings is 1. The van der Waals surface area contributed by atoms with Crippen LogP contribution in [-0.4, -0.2) is 4.92 Å². The van der Waals surface area contributed by atoms with Gasteiger partial charge in [0.1, 0.15) is 5.69 Å². The number of hydrogen-bond donors (Lipinski definition) is 1. The number of rotatable bonds is 1. The molecule has 4 heteroatoms. The van der Waals surface area contributed by atoms with E-state index in [2.05, 4.69) is 0 Å². The molecule has 0 saturated heterocycles. The predicted octanol–water partition coefficient (Wildman–Crippen LogP) is 2.41. The molecular weight excluding hydrogens is 180 g/mol. The fourth-order valence-corrected chi connectivity index (χ4v) is 1.56. The first-order chi connectivity index (χ1) is 6.37. The van der Waals surface area contributed by atoms with Gasteiger partial charge in [-0.05, 0) is 44.4 Å². The summed E-state index contributed by atoms with van der Waals surface area (Å²) >= 11 is 0. The van der Waals surface area contributed by atoms with E-state index in [0.717, 1.165) is 16.7 Å². The molecule has 0 aliphatic rings. The Balaban J connectivity index is 3.68. The lowest BCUT2D eigenvalue weighted by Crippen LogP contribution is -2.04.